The third-order valence-corrected chi connectivity index (χ3v) is 5.97. The lowest BCUT2D eigenvalue weighted by Gasteiger charge is -2.23. The fraction of sp³-hybridized carbons (Fsp3) is 0.444. The van der Waals surface area contributed by atoms with E-state index in [1.807, 2.05) is 25.2 Å². The second-order valence-electron chi connectivity index (χ2n) is 5.95. The monoisotopic (exact) mass is 350 g/mol. The Balaban J connectivity index is 2.23. The van der Waals surface area contributed by atoms with Gasteiger partial charge in [0.25, 0.3) is 0 Å². The Morgan fingerprint density at radius 2 is 1.83 bits per heavy atom. The van der Waals surface area contributed by atoms with Crippen LogP contribution in [0.2, 0.25) is 0 Å². The van der Waals surface area contributed by atoms with Gasteiger partial charge in [0.05, 0.1) is 12.0 Å². The van der Waals surface area contributed by atoms with Crippen molar-refractivity contribution in [2.45, 2.75) is 31.2 Å². The number of methoxy groups -OCH3 is 1. The largest absolute Gasteiger partial charge is 0.496 e. The van der Waals surface area contributed by atoms with Crippen LogP contribution in [-0.4, -0.2) is 46.6 Å². The topological polar surface area (TPSA) is 58.6 Å². The van der Waals surface area contributed by atoms with Gasteiger partial charge in [-0.1, -0.05) is 31.2 Å². The zero-order valence-corrected chi connectivity index (χ0v) is 15.6. The van der Waals surface area contributed by atoms with E-state index >= 15 is 0 Å². The van der Waals surface area contributed by atoms with Crippen LogP contribution in [0.25, 0.3) is 10.8 Å². The summed E-state index contributed by atoms with van der Waals surface area (Å²) >= 11 is 0. The first-order valence-electron chi connectivity index (χ1n) is 8.16. The molecule has 0 bridgehead atoms. The quantitative estimate of drug-likeness (QED) is 0.795. The molecule has 132 valence electrons. The molecular weight excluding hydrogens is 324 g/mol. The number of nitrogens with one attached hydrogen (secondary N) is 1. The highest BCUT2D eigenvalue weighted by atomic mass is 32.2. The summed E-state index contributed by atoms with van der Waals surface area (Å²) in [6, 6.07) is 11.1. The van der Waals surface area contributed by atoms with Crippen molar-refractivity contribution in [2.24, 2.45) is 0 Å². The molecule has 5 nitrogen and oxygen atoms in total. The number of ether oxygens (including phenoxy) is 1. The summed E-state index contributed by atoms with van der Waals surface area (Å²) in [5.74, 6) is 0.668. The lowest BCUT2D eigenvalue weighted by molar-refractivity contribution is 0.256. The summed E-state index contributed by atoms with van der Waals surface area (Å²) in [6.07, 6.45) is 1.03. The van der Waals surface area contributed by atoms with Crippen molar-refractivity contribution in [1.82, 2.24) is 9.62 Å². The van der Waals surface area contributed by atoms with Crippen LogP contribution < -0.4 is 9.46 Å². The third-order valence-electron chi connectivity index (χ3n) is 4.45. The van der Waals surface area contributed by atoms with Gasteiger partial charge in [0.1, 0.15) is 5.75 Å². The van der Waals surface area contributed by atoms with Gasteiger partial charge in [0.15, 0.2) is 0 Å². The molecule has 1 N–H and O–H groups in total. The molecule has 0 spiro atoms. The Kier molecular flexibility index (Phi) is 6.21. The van der Waals surface area contributed by atoms with Gasteiger partial charge in [-0.2, -0.15) is 0 Å². The van der Waals surface area contributed by atoms with Gasteiger partial charge in [-0.15, -0.1) is 0 Å². The van der Waals surface area contributed by atoms with Gasteiger partial charge in [0.2, 0.25) is 10.0 Å². The number of hydrogen-bond acceptors (Lipinski definition) is 4. The van der Waals surface area contributed by atoms with Gasteiger partial charge in [-0.3, -0.25) is 0 Å². The van der Waals surface area contributed by atoms with E-state index in [4.69, 9.17) is 4.74 Å². The van der Waals surface area contributed by atoms with Crippen LogP contribution in [-0.2, 0) is 10.0 Å². The van der Waals surface area contributed by atoms with Crippen LogP contribution in [0.15, 0.2) is 41.3 Å². The Morgan fingerprint density at radius 3 is 2.46 bits per heavy atom. The number of hydrogen-bond donors (Lipinski definition) is 1. The van der Waals surface area contributed by atoms with E-state index in [9.17, 15) is 8.42 Å². The van der Waals surface area contributed by atoms with Crippen molar-refractivity contribution >= 4 is 20.8 Å². The van der Waals surface area contributed by atoms with E-state index in [1.54, 1.807) is 25.3 Å². The summed E-state index contributed by atoms with van der Waals surface area (Å²) in [7, 11) is 0.0153. The smallest absolute Gasteiger partial charge is 0.241 e. The normalized spacial score (nSPS) is 13.4. The van der Waals surface area contributed by atoms with Crippen LogP contribution in [0.4, 0.5) is 0 Å². The Bertz CT molecular complexity index is 790. The molecule has 0 fully saturated rings. The van der Waals surface area contributed by atoms with Crippen molar-refractivity contribution in [3.8, 4) is 5.75 Å². The van der Waals surface area contributed by atoms with E-state index in [2.05, 4.69) is 23.5 Å². The Hall–Kier alpha value is -1.63. The number of rotatable bonds is 8. The first kappa shape index (κ1) is 18.7. The molecule has 2 aromatic carbocycles. The van der Waals surface area contributed by atoms with E-state index in [-0.39, 0.29) is 4.90 Å². The Labute approximate surface area is 144 Å². The average molecular weight is 350 g/mol. The lowest BCUT2D eigenvalue weighted by Crippen LogP contribution is -2.37. The van der Waals surface area contributed by atoms with Gasteiger partial charge in [0, 0.05) is 29.9 Å². The molecule has 0 heterocycles. The van der Waals surface area contributed by atoms with Crippen molar-refractivity contribution in [3.63, 3.8) is 0 Å². The second-order valence-corrected chi connectivity index (χ2v) is 7.68. The highest BCUT2D eigenvalue weighted by Crippen LogP contribution is 2.30. The number of likely N-dealkylation sites (N-methyl/N-ethyl adjacent to an activating group) is 1. The van der Waals surface area contributed by atoms with Gasteiger partial charge in [-0.05, 0) is 32.5 Å². The summed E-state index contributed by atoms with van der Waals surface area (Å²) < 4.78 is 33.4. The first-order chi connectivity index (χ1) is 11.4. The van der Waals surface area contributed by atoms with Crippen LogP contribution in [0, 0.1) is 0 Å². The summed E-state index contributed by atoms with van der Waals surface area (Å²) in [6.45, 7) is 5.30. The predicted molar refractivity (Wildman–Crippen MR) is 98.1 cm³/mol. The molecule has 2 aromatic rings. The van der Waals surface area contributed by atoms with Crippen LogP contribution in [0.3, 0.4) is 0 Å². The van der Waals surface area contributed by atoms with E-state index in [0.29, 0.717) is 30.3 Å². The van der Waals surface area contributed by atoms with Crippen molar-refractivity contribution in [1.29, 1.82) is 0 Å². The van der Waals surface area contributed by atoms with Crippen LogP contribution in [0.5, 0.6) is 5.75 Å². The fourth-order valence-electron chi connectivity index (χ4n) is 2.62. The highest BCUT2D eigenvalue weighted by Gasteiger charge is 2.19. The number of sulfonamides is 1. The molecule has 0 saturated heterocycles. The summed E-state index contributed by atoms with van der Waals surface area (Å²) in [5.41, 5.74) is 0. The van der Waals surface area contributed by atoms with Crippen LogP contribution >= 0.6 is 0 Å². The van der Waals surface area contributed by atoms with Crippen LogP contribution in [0.1, 0.15) is 20.3 Å². The second kappa shape index (κ2) is 7.96. The molecule has 6 heteroatoms. The van der Waals surface area contributed by atoms with E-state index in [0.717, 1.165) is 11.8 Å². The SMILES string of the molecule is CCC(C)N(C)CCNS(=O)(=O)c1ccc(OC)c2ccccc12. The van der Waals surface area contributed by atoms with E-state index in [1.165, 1.54) is 0 Å². The molecule has 0 aromatic heterocycles. The van der Waals surface area contributed by atoms with Gasteiger partial charge >= 0.3 is 0 Å². The summed E-state index contributed by atoms with van der Waals surface area (Å²) in [4.78, 5) is 2.43. The maximum Gasteiger partial charge on any atom is 0.241 e. The lowest BCUT2D eigenvalue weighted by atomic mass is 10.1. The first-order valence-corrected chi connectivity index (χ1v) is 9.64. The van der Waals surface area contributed by atoms with Crippen molar-refractivity contribution in [3.05, 3.63) is 36.4 Å². The third kappa shape index (κ3) is 4.06. The molecular formula is C18H26N2O3S. The Morgan fingerprint density at radius 1 is 1.17 bits per heavy atom. The minimum absolute atomic E-state index is 0.282. The molecule has 0 saturated carbocycles. The standard InChI is InChI=1S/C18H26N2O3S/c1-5-14(2)20(3)13-12-19-24(21,22)18-11-10-17(23-4)15-8-6-7-9-16(15)18/h6-11,14,19H,5,12-13H2,1-4H3. The molecule has 2 rings (SSSR count). The molecule has 0 aliphatic carbocycles. The average Bonchev–Trinajstić information content (AvgIpc) is 2.59. The van der Waals surface area contributed by atoms with Crippen molar-refractivity contribution in [2.75, 3.05) is 27.2 Å². The molecule has 24 heavy (non-hydrogen) atoms. The number of nitrogens with zero attached hydrogens (tertiary/aromatic N) is 1. The minimum Gasteiger partial charge on any atom is -0.496 e. The van der Waals surface area contributed by atoms with Gasteiger partial charge in [-0.25, -0.2) is 13.1 Å². The highest BCUT2D eigenvalue weighted by molar-refractivity contribution is 7.89. The molecule has 0 amide bonds. The molecule has 0 radical (unpaired) electrons. The minimum atomic E-state index is -3.57. The zero-order valence-electron chi connectivity index (χ0n) is 14.7. The maximum absolute atomic E-state index is 12.7. The fourth-order valence-corrected chi connectivity index (χ4v) is 3.85. The van der Waals surface area contributed by atoms with Gasteiger partial charge < -0.3 is 9.64 Å². The number of benzene rings is 2. The molecule has 0 aliphatic rings. The predicted octanol–water partition coefficient (Wildman–Crippen LogP) is 2.86. The molecule has 1 atom stereocenters. The number of fused-ring (bicyclic) bond motifs is 1. The molecule has 1 unspecified atom stereocenters. The maximum atomic E-state index is 12.7. The van der Waals surface area contributed by atoms with Crippen molar-refractivity contribution < 1.29 is 13.2 Å². The van der Waals surface area contributed by atoms with E-state index < -0.39 is 10.0 Å². The molecule has 0 aliphatic heterocycles. The summed E-state index contributed by atoms with van der Waals surface area (Å²) in [5, 5.41) is 1.46. The zero-order chi connectivity index (χ0) is 17.7.